The highest BCUT2D eigenvalue weighted by molar-refractivity contribution is 5.80. The molecule has 25 heavy (non-hydrogen) atoms. The predicted molar refractivity (Wildman–Crippen MR) is 101 cm³/mol. The number of para-hydroxylation sites is 1. The van der Waals surface area contributed by atoms with Gasteiger partial charge in [0.25, 0.3) is 0 Å². The van der Waals surface area contributed by atoms with E-state index >= 15 is 0 Å². The zero-order valence-electron chi connectivity index (χ0n) is 15.2. The van der Waals surface area contributed by atoms with E-state index in [9.17, 15) is 4.79 Å². The zero-order valence-corrected chi connectivity index (χ0v) is 15.2. The van der Waals surface area contributed by atoms with Gasteiger partial charge < -0.3 is 25.2 Å². The van der Waals surface area contributed by atoms with Crippen molar-refractivity contribution in [1.29, 1.82) is 0 Å². The van der Waals surface area contributed by atoms with Gasteiger partial charge in [-0.1, -0.05) is 18.2 Å². The van der Waals surface area contributed by atoms with Crippen molar-refractivity contribution in [3.05, 3.63) is 30.3 Å². The summed E-state index contributed by atoms with van der Waals surface area (Å²) in [5.74, 6) is 0.892. The molecule has 2 rings (SSSR count). The first-order valence-corrected chi connectivity index (χ1v) is 8.90. The smallest absolute Gasteiger partial charge is 0.409 e. The van der Waals surface area contributed by atoms with Crippen molar-refractivity contribution in [2.24, 2.45) is 4.99 Å². The normalized spacial score (nSPS) is 15.0. The molecule has 1 fully saturated rings. The van der Waals surface area contributed by atoms with Crippen LogP contribution in [0.15, 0.2) is 35.3 Å². The van der Waals surface area contributed by atoms with Crippen LogP contribution in [0.1, 0.15) is 13.3 Å². The van der Waals surface area contributed by atoms with E-state index in [2.05, 4.69) is 32.7 Å². The van der Waals surface area contributed by atoms with Crippen LogP contribution in [0.25, 0.3) is 0 Å². The van der Waals surface area contributed by atoms with Crippen molar-refractivity contribution < 1.29 is 9.53 Å². The molecule has 7 nitrogen and oxygen atoms in total. The van der Waals surface area contributed by atoms with E-state index in [1.165, 1.54) is 0 Å². The summed E-state index contributed by atoms with van der Waals surface area (Å²) in [7, 11) is 1.79. The molecule has 1 aromatic rings. The van der Waals surface area contributed by atoms with E-state index in [1.54, 1.807) is 11.9 Å². The maximum Gasteiger partial charge on any atom is 0.409 e. The molecule has 1 heterocycles. The summed E-state index contributed by atoms with van der Waals surface area (Å²) in [6.07, 6.45) is 0.772. The molecule has 1 aliphatic heterocycles. The number of carbonyl (C=O) groups is 1. The molecule has 0 spiro atoms. The lowest BCUT2D eigenvalue weighted by Gasteiger charge is -2.35. The Morgan fingerprint density at radius 1 is 1.12 bits per heavy atom. The maximum absolute atomic E-state index is 11.7. The minimum absolute atomic E-state index is 0.225. The van der Waals surface area contributed by atoms with E-state index < -0.39 is 0 Å². The molecule has 138 valence electrons. The topological polar surface area (TPSA) is 69.2 Å². The Hall–Kier alpha value is -2.44. The monoisotopic (exact) mass is 347 g/mol. The van der Waals surface area contributed by atoms with E-state index in [-0.39, 0.29) is 6.09 Å². The molecule has 0 aromatic heterocycles. The quantitative estimate of drug-likeness (QED) is 0.467. The first-order chi connectivity index (χ1) is 12.2. The number of rotatable bonds is 6. The first kappa shape index (κ1) is 18.9. The number of aliphatic imine (C=N–C) groups is 1. The van der Waals surface area contributed by atoms with E-state index in [0.717, 1.165) is 44.2 Å². The van der Waals surface area contributed by atoms with Gasteiger partial charge in [0.1, 0.15) is 0 Å². The number of carbonyl (C=O) groups excluding carboxylic acids is 1. The molecule has 0 saturated carbocycles. The molecule has 1 amide bonds. The lowest BCUT2D eigenvalue weighted by atomic mass is 10.3. The Kier molecular flexibility index (Phi) is 7.88. The molecular formula is C18H29N5O2. The molecule has 1 aliphatic rings. The van der Waals surface area contributed by atoms with E-state index in [1.807, 2.05) is 25.1 Å². The van der Waals surface area contributed by atoms with Gasteiger partial charge in [0.15, 0.2) is 5.96 Å². The molecular weight excluding hydrogens is 318 g/mol. The van der Waals surface area contributed by atoms with Gasteiger partial charge >= 0.3 is 6.09 Å². The number of benzene rings is 1. The first-order valence-electron chi connectivity index (χ1n) is 8.90. The van der Waals surface area contributed by atoms with Crippen LogP contribution in [0.4, 0.5) is 10.5 Å². The van der Waals surface area contributed by atoms with Gasteiger partial charge in [-0.15, -0.1) is 0 Å². The maximum atomic E-state index is 11.7. The van der Waals surface area contributed by atoms with Crippen molar-refractivity contribution >= 4 is 17.7 Å². The average molecular weight is 347 g/mol. The van der Waals surface area contributed by atoms with Crippen molar-refractivity contribution in [3.63, 3.8) is 0 Å². The SMILES string of the molecule is CCOC(=O)N1CCN(C(=NC)NCCCNc2ccccc2)CC1. The Balaban J connectivity index is 1.65. The average Bonchev–Trinajstić information content (AvgIpc) is 2.66. The van der Waals surface area contributed by atoms with Crippen molar-refractivity contribution in [2.75, 3.05) is 58.2 Å². The molecule has 0 radical (unpaired) electrons. The van der Waals surface area contributed by atoms with Crippen LogP contribution in [-0.4, -0.2) is 74.8 Å². The predicted octanol–water partition coefficient (Wildman–Crippen LogP) is 1.84. The van der Waals surface area contributed by atoms with Crippen molar-refractivity contribution in [3.8, 4) is 0 Å². The Bertz CT molecular complexity index is 542. The van der Waals surface area contributed by atoms with Crippen LogP contribution in [-0.2, 0) is 4.74 Å². The minimum atomic E-state index is -0.225. The second-order valence-electron chi connectivity index (χ2n) is 5.79. The molecule has 2 N–H and O–H groups in total. The van der Waals surface area contributed by atoms with Gasteiger partial charge in [-0.25, -0.2) is 4.79 Å². The molecule has 0 bridgehead atoms. The molecule has 0 atom stereocenters. The lowest BCUT2D eigenvalue weighted by molar-refractivity contribution is 0.0914. The van der Waals surface area contributed by atoms with Crippen LogP contribution < -0.4 is 10.6 Å². The summed E-state index contributed by atoms with van der Waals surface area (Å²) in [6.45, 7) is 6.85. The Labute approximate surface area is 150 Å². The number of ether oxygens (including phenoxy) is 1. The number of anilines is 1. The standard InChI is InChI=1S/C18H29N5O2/c1-3-25-18(24)23-14-12-22(13-15-23)17(19-2)21-11-7-10-20-16-8-5-4-6-9-16/h4-6,8-9,20H,3,7,10-15H2,1-2H3,(H,19,21). The Morgan fingerprint density at radius 2 is 1.80 bits per heavy atom. The summed E-state index contributed by atoms with van der Waals surface area (Å²) in [6, 6.07) is 10.2. The van der Waals surface area contributed by atoms with Gasteiger partial charge in [-0.3, -0.25) is 4.99 Å². The number of hydrogen-bond donors (Lipinski definition) is 2. The zero-order chi connectivity index (χ0) is 17.9. The summed E-state index contributed by atoms with van der Waals surface area (Å²) >= 11 is 0. The fourth-order valence-corrected chi connectivity index (χ4v) is 2.73. The third-order valence-corrected chi connectivity index (χ3v) is 4.06. The molecule has 1 saturated heterocycles. The van der Waals surface area contributed by atoms with Gasteiger partial charge in [0.05, 0.1) is 6.61 Å². The van der Waals surface area contributed by atoms with Gasteiger partial charge in [0, 0.05) is 52.0 Å². The van der Waals surface area contributed by atoms with Crippen molar-refractivity contribution in [2.45, 2.75) is 13.3 Å². The summed E-state index contributed by atoms with van der Waals surface area (Å²) in [5, 5.41) is 6.79. The number of guanidine groups is 1. The number of nitrogens with one attached hydrogen (secondary N) is 2. The summed E-state index contributed by atoms with van der Waals surface area (Å²) in [4.78, 5) is 20.0. The van der Waals surface area contributed by atoms with Gasteiger partial charge in [-0.05, 0) is 25.5 Å². The van der Waals surface area contributed by atoms with Crippen LogP contribution in [0.5, 0.6) is 0 Å². The van der Waals surface area contributed by atoms with E-state index in [0.29, 0.717) is 19.7 Å². The van der Waals surface area contributed by atoms with E-state index in [4.69, 9.17) is 4.74 Å². The van der Waals surface area contributed by atoms with Crippen LogP contribution in [0.2, 0.25) is 0 Å². The minimum Gasteiger partial charge on any atom is -0.450 e. The lowest BCUT2D eigenvalue weighted by Crippen LogP contribution is -2.54. The fraction of sp³-hybridized carbons (Fsp3) is 0.556. The van der Waals surface area contributed by atoms with Crippen LogP contribution in [0, 0.1) is 0 Å². The fourth-order valence-electron chi connectivity index (χ4n) is 2.73. The van der Waals surface area contributed by atoms with Crippen LogP contribution >= 0.6 is 0 Å². The number of piperazine rings is 1. The second-order valence-corrected chi connectivity index (χ2v) is 5.79. The van der Waals surface area contributed by atoms with Gasteiger partial charge in [0.2, 0.25) is 0 Å². The highest BCUT2D eigenvalue weighted by atomic mass is 16.6. The molecule has 7 heteroatoms. The summed E-state index contributed by atoms with van der Waals surface area (Å²) < 4.78 is 5.05. The van der Waals surface area contributed by atoms with Crippen LogP contribution in [0.3, 0.4) is 0 Å². The summed E-state index contributed by atoms with van der Waals surface area (Å²) in [5.41, 5.74) is 1.14. The largest absolute Gasteiger partial charge is 0.450 e. The Morgan fingerprint density at radius 3 is 2.44 bits per heavy atom. The molecule has 0 unspecified atom stereocenters. The molecule has 1 aromatic carbocycles. The number of nitrogens with zero attached hydrogens (tertiary/aromatic N) is 3. The number of amides is 1. The third-order valence-electron chi connectivity index (χ3n) is 4.06. The van der Waals surface area contributed by atoms with Crippen molar-refractivity contribution in [1.82, 2.24) is 15.1 Å². The third kappa shape index (κ3) is 6.17. The molecule has 0 aliphatic carbocycles. The highest BCUT2D eigenvalue weighted by Crippen LogP contribution is 2.05. The number of hydrogen-bond acceptors (Lipinski definition) is 4. The highest BCUT2D eigenvalue weighted by Gasteiger charge is 2.23. The second kappa shape index (κ2) is 10.4. The van der Waals surface area contributed by atoms with Gasteiger partial charge in [-0.2, -0.15) is 0 Å².